The van der Waals surface area contributed by atoms with Crippen LogP contribution < -0.4 is 4.74 Å². The molecule has 1 rings (SSSR count). The highest BCUT2D eigenvalue weighted by Crippen LogP contribution is 2.09. The summed E-state index contributed by atoms with van der Waals surface area (Å²) in [7, 11) is 0. The predicted molar refractivity (Wildman–Crippen MR) is 49.6 cm³/mol. The average molecular weight is 174 g/mol. The summed E-state index contributed by atoms with van der Waals surface area (Å²) in [6.07, 6.45) is 0.692. The monoisotopic (exact) mass is 174 g/mol. The fraction of sp³-hybridized carbons (Fsp3) is 0.200. The molecule has 0 aliphatic rings. The van der Waals surface area contributed by atoms with Crippen molar-refractivity contribution in [2.24, 2.45) is 0 Å². The molecular formula is C10H10N2O. The van der Waals surface area contributed by atoms with E-state index < -0.39 is 0 Å². The van der Waals surface area contributed by atoms with E-state index in [1.54, 1.807) is 12.1 Å². The molecule has 0 fully saturated rings. The largest absolute Gasteiger partial charge is 0.444 e. The summed E-state index contributed by atoms with van der Waals surface area (Å²) < 4.78 is 5.15. The van der Waals surface area contributed by atoms with Gasteiger partial charge in [0.15, 0.2) is 5.90 Å². The molecule has 0 bridgehead atoms. The molecule has 0 heterocycles. The lowest BCUT2D eigenvalue weighted by Gasteiger charge is -2.03. The Labute approximate surface area is 77.1 Å². The van der Waals surface area contributed by atoms with Gasteiger partial charge in [0, 0.05) is 12.8 Å². The van der Waals surface area contributed by atoms with Gasteiger partial charge in [-0.25, -0.2) is 0 Å². The maximum absolute atomic E-state index is 8.28. The first-order chi connectivity index (χ1) is 6.33. The molecule has 0 aliphatic carbocycles. The van der Waals surface area contributed by atoms with Crippen molar-refractivity contribution in [3.63, 3.8) is 0 Å². The summed E-state index contributed by atoms with van der Waals surface area (Å²) in [5, 5.41) is 15.6. The van der Waals surface area contributed by atoms with Crippen molar-refractivity contribution in [2.45, 2.75) is 12.8 Å². The molecule has 0 atom stereocenters. The van der Waals surface area contributed by atoms with Crippen LogP contribution in [-0.4, -0.2) is 5.90 Å². The van der Waals surface area contributed by atoms with Crippen molar-refractivity contribution >= 4 is 5.90 Å². The molecule has 3 nitrogen and oxygen atoms in total. The van der Waals surface area contributed by atoms with Crippen LogP contribution in [0.4, 0.5) is 0 Å². The van der Waals surface area contributed by atoms with Crippen molar-refractivity contribution in [1.82, 2.24) is 0 Å². The Morgan fingerprint density at radius 1 is 1.38 bits per heavy atom. The first-order valence-corrected chi connectivity index (χ1v) is 4.00. The molecule has 0 spiro atoms. The van der Waals surface area contributed by atoms with Crippen molar-refractivity contribution in [2.75, 3.05) is 0 Å². The lowest BCUT2D eigenvalue weighted by molar-refractivity contribution is 0.527. The summed E-state index contributed by atoms with van der Waals surface area (Å²) in [6, 6.07) is 11.1. The molecule has 3 heteroatoms. The zero-order chi connectivity index (χ0) is 9.52. The van der Waals surface area contributed by atoms with Crippen molar-refractivity contribution in [3.8, 4) is 11.8 Å². The van der Waals surface area contributed by atoms with Gasteiger partial charge in [-0.05, 0) is 12.1 Å². The zero-order valence-corrected chi connectivity index (χ0v) is 7.16. The summed E-state index contributed by atoms with van der Waals surface area (Å²) in [6.45, 7) is 0. The highest BCUT2D eigenvalue weighted by atomic mass is 16.5. The molecule has 0 aliphatic heterocycles. The van der Waals surface area contributed by atoms with E-state index >= 15 is 0 Å². The highest BCUT2D eigenvalue weighted by molar-refractivity contribution is 5.75. The number of nitrogens with zero attached hydrogens (tertiary/aromatic N) is 1. The van der Waals surface area contributed by atoms with Crippen molar-refractivity contribution < 1.29 is 4.74 Å². The van der Waals surface area contributed by atoms with Gasteiger partial charge in [0.25, 0.3) is 0 Å². The third kappa shape index (κ3) is 3.39. The molecule has 1 aromatic carbocycles. The van der Waals surface area contributed by atoms with Crippen LogP contribution in [0.2, 0.25) is 0 Å². The number of hydrogen-bond acceptors (Lipinski definition) is 3. The van der Waals surface area contributed by atoms with E-state index in [9.17, 15) is 0 Å². The van der Waals surface area contributed by atoms with Crippen LogP contribution >= 0.6 is 0 Å². The number of nitrogens with one attached hydrogen (secondary N) is 1. The van der Waals surface area contributed by atoms with Crippen LogP contribution in [-0.2, 0) is 0 Å². The molecule has 0 amide bonds. The van der Waals surface area contributed by atoms with Crippen molar-refractivity contribution in [1.29, 1.82) is 10.7 Å². The lowest BCUT2D eigenvalue weighted by Crippen LogP contribution is -2.05. The van der Waals surface area contributed by atoms with Crippen LogP contribution in [0.1, 0.15) is 12.8 Å². The Hall–Kier alpha value is -1.82. The fourth-order valence-electron chi connectivity index (χ4n) is 0.851. The quantitative estimate of drug-likeness (QED) is 0.564. The number of rotatable bonds is 3. The Morgan fingerprint density at radius 2 is 2.08 bits per heavy atom. The second kappa shape index (κ2) is 4.94. The van der Waals surface area contributed by atoms with Crippen LogP contribution in [0, 0.1) is 16.7 Å². The second-order valence-electron chi connectivity index (χ2n) is 2.50. The number of para-hydroxylation sites is 1. The Kier molecular flexibility index (Phi) is 3.52. The smallest absolute Gasteiger partial charge is 0.188 e. The molecule has 0 unspecified atom stereocenters. The molecule has 1 aromatic rings. The summed E-state index contributed by atoms with van der Waals surface area (Å²) >= 11 is 0. The lowest BCUT2D eigenvalue weighted by atomic mass is 10.3. The normalized spacial score (nSPS) is 8.85. The van der Waals surface area contributed by atoms with E-state index in [2.05, 4.69) is 0 Å². The van der Waals surface area contributed by atoms with Gasteiger partial charge < -0.3 is 4.74 Å². The first kappa shape index (κ1) is 9.27. The first-order valence-electron chi connectivity index (χ1n) is 4.00. The predicted octanol–water partition coefficient (Wildman–Crippen LogP) is 2.35. The number of ether oxygens (including phenoxy) is 1. The van der Waals surface area contributed by atoms with E-state index in [0.717, 1.165) is 0 Å². The van der Waals surface area contributed by atoms with Gasteiger partial charge in [0.05, 0.1) is 6.07 Å². The fourth-order valence-corrected chi connectivity index (χ4v) is 0.851. The minimum Gasteiger partial charge on any atom is -0.444 e. The maximum Gasteiger partial charge on any atom is 0.188 e. The van der Waals surface area contributed by atoms with Gasteiger partial charge in [0.1, 0.15) is 5.75 Å². The van der Waals surface area contributed by atoms with Crippen LogP contribution in [0.5, 0.6) is 5.75 Å². The van der Waals surface area contributed by atoms with Gasteiger partial charge in [0.2, 0.25) is 0 Å². The zero-order valence-electron chi connectivity index (χ0n) is 7.16. The molecule has 66 valence electrons. The second-order valence-corrected chi connectivity index (χ2v) is 2.50. The molecule has 0 saturated carbocycles. The van der Waals surface area contributed by atoms with E-state index in [1.165, 1.54) is 0 Å². The topological polar surface area (TPSA) is 56.9 Å². The Balaban J connectivity index is 2.42. The molecular weight excluding hydrogens is 164 g/mol. The molecule has 1 N–H and O–H groups in total. The van der Waals surface area contributed by atoms with E-state index in [0.29, 0.717) is 18.6 Å². The van der Waals surface area contributed by atoms with E-state index in [1.807, 2.05) is 24.3 Å². The Bertz CT molecular complexity index is 313. The number of nitriles is 1. The van der Waals surface area contributed by atoms with Gasteiger partial charge in [-0.2, -0.15) is 5.26 Å². The standard InChI is InChI=1S/C10H10N2O/c11-8-4-7-10(12)13-9-5-2-1-3-6-9/h1-3,5-6,12H,4,7H2. The van der Waals surface area contributed by atoms with Crippen molar-refractivity contribution in [3.05, 3.63) is 30.3 Å². The summed E-state index contributed by atoms with van der Waals surface area (Å²) in [5.74, 6) is 0.776. The third-order valence-corrected chi connectivity index (χ3v) is 1.45. The van der Waals surface area contributed by atoms with E-state index in [-0.39, 0.29) is 5.90 Å². The van der Waals surface area contributed by atoms with Gasteiger partial charge >= 0.3 is 0 Å². The third-order valence-electron chi connectivity index (χ3n) is 1.45. The number of hydrogen-bond donors (Lipinski definition) is 1. The average Bonchev–Trinajstić information content (AvgIpc) is 2.16. The SMILES string of the molecule is N#CCCC(=N)Oc1ccccc1. The van der Waals surface area contributed by atoms with Crippen LogP contribution in [0.25, 0.3) is 0 Å². The van der Waals surface area contributed by atoms with Gasteiger partial charge in [-0.15, -0.1) is 0 Å². The highest BCUT2D eigenvalue weighted by Gasteiger charge is 1.98. The van der Waals surface area contributed by atoms with Gasteiger partial charge in [-0.3, -0.25) is 5.41 Å². The van der Waals surface area contributed by atoms with Crippen LogP contribution in [0.3, 0.4) is 0 Å². The van der Waals surface area contributed by atoms with Crippen LogP contribution in [0.15, 0.2) is 30.3 Å². The number of benzene rings is 1. The minimum absolute atomic E-state index is 0.132. The molecule has 0 aromatic heterocycles. The molecule has 13 heavy (non-hydrogen) atoms. The Morgan fingerprint density at radius 3 is 2.69 bits per heavy atom. The maximum atomic E-state index is 8.28. The summed E-state index contributed by atoms with van der Waals surface area (Å²) in [4.78, 5) is 0. The summed E-state index contributed by atoms with van der Waals surface area (Å²) in [5.41, 5.74) is 0. The molecule has 0 saturated heterocycles. The van der Waals surface area contributed by atoms with E-state index in [4.69, 9.17) is 15.4 Å². The minimum atomic E-state index is 0.132. The van der Waals surface area contributed by atoms with Gasteiger partial charge in [-0.1, -0.05) is 18.2 Å². The molecule has 0 radical (unpaired) electrons.